The van der Waals surface area contributed by atoms with Gasteiger partial charge in [0.25, 0.3) is 0 Å². The van der Waals surface area contributed by atoms with Crippen LogP contribution in [0.4, 0.5) is 0 Å². The summed E-state index contributed by atoms with van der Waals surface area (Å²) in [6.45, 7) is 4.83. The molecule has 0 bridgehead atoms. The summed E-state index contributed by atoms with van der Waals surface area (Å²) in [4.78, 5) is 0. The van der Waals surface area contributed by atoms with Crippen LogP contribution in [0.2, 0.25) is 11.6 Å². The molecule has 13 heavy (non-hydrogen) atoms. The van der Waals surface area contributed by atoms with Crippen molar-refractivity contribution < 1.29 is 0 Å². The highest BCUT2D eigenvalue weighted by atomic mass is 13.9. The van der Waals surface area contributed by atoms with Crippen molar-refractivity contribution in [3.63, 3.8) is 0 Å². The van der Waals surface area contributed by atoms with E-state index in [1.807, 2.05) is 0 Å². The lowest BCUT2D eigenvalue weighted by molar-refractivity contribution is 0.868. The summed E-state index contributed by atoms with van der Waals surface area (Å²) in [6.07, 6.45) is 0. The molecule has 0 rings (SSSR count). The van der Waals surface area contributed by atoms with Crippen LogP contribution in [0.15, 0.2) is 0 Å². The molecule has 0 spiro atoms. The first kappa shape index (κ1) is 13.6. The second kappa shape index (κ2) is 9.15. The van der Waals surface area contributed by atoms with Crippen molar-refractivity contribution >= 4 is 65.1 Å². The zero-order valence-corrected chi connectivity index (χ0v) is 10.1. The summed E-state index contributed by atoms with van der Waals surface area (Å²) in [5.41, 5.74) is 0. The molecule has 0 N–H and O–H groups in total. The SMILES string of the molecule is BBBBBBC(C)C(C)BBB. The predicted molar refractivity (Wildman–Crippen MR) is 86.0 cm³/mol. The van der Waals surface area contributed by atoms with E-state index in [0.717, 1.165) is 11.6 Å². The molecule has 2 unspecified atom stereocenters. The second-order valence-electron chi connectivity index (χ2n) is 4.59. The van der Waals surface area contributed by atoms with Gasteiger partial charge < -0.3 is 0 Å². The summed E-state index contributed by atoms with van der Waals surface area (Å²) in [5.74, 6) is 1.88. The first-order chi connectivity index (χ1) is 6.22. The maximum absolute atomic E-state index is 2.42. The Morgan fingerprint density at radius 3 is 1.92 bits per heavy atom. The van der Waals surface area contributed by atoms with Crippen molar-refractivity contribution in [2.75, 3.05) is 0 Å². The molecule has 0 nitrogen and oxygen atoms in total. The molecule has 0 aliphatic rings. The van der Waals surface area contributed by atoms with Crippen LogP contribution >= 0.6 is 0 Å². The fraction of sp³-hybridized carbons (Fsp3) is 1.00. The lowest BCUT2D eigenvalue weighted by Crippen LogP contribution is -2.27. The van der Waals surface area contributed by atoms with E-state index in [1.165, 1.54) is 49.6 Å². The molecular formula is C4H19B9. The zero-order chi connectivity index (χ0) is 10.1. The third-order valence-corrected chi connectivity index (χ3v) is 3.23. The normalized spacial score (nSPS) is 13.4. The van der Waals surface area contributed by atoms with Crippen molar-refractivity contribution in [1.29, 1.82) is 0 Å². The van der Waals surface area contributed by atoms with Gasteiger partial charge in [-0.2, -0.15) is 0 Å². The molecule has 0 aliphatic carbocycles. The topological polar surface area (TPSA) is 0 Å². The van der Waals surface area contributed by atoms with E-state index in [9.17, 15) is 0 Å². The highest BCUT2D eigenvalue weighted by Crippen LogP contribution is 2.19. The predicted octanol–water partition coefficient (Wildman–Crippen LogP) is -4.67. The molecular weight excluding hydrogens is 145 g/mol. The van der Waals surface area contributed by atoms with Crippen LogP contribution in [-0.4, -0.2) is 65.1 Å². The fourth-order valence-electron chi connectivity index (χ4n) is 1.92. The minimum Gasteiger partial charge on any atom is -0.0816 e. The fourth-order valence-corrected chi connectivity index (χ4v) is 1.92. The maximum Gasteiger partial charge on any atom is 0.0809 e. The van der Waals surface area contributed by atoms with Crippen molar-refractivity contribution in [2.24, 2.45) is 0 Å². The number of rotatable bonds is 8. The van der Waals surface area contributed by atoms with Gasteiger partial charge in [0.15, 0.2) is 0 Å². The lowest BCUT2D eigenvalue weighted by atomic mass is 8.97. The van der Waals surface area contributed by atoms with Crippen molar-refractivity contribution in [3.8, 4) is 0 Å². The van der Waals surface area contributed by atoms with Gasteiger partial charge in [0.05, 0.1) is 36.9 Å². The Labute approximate surface area is 90.9 Å². The summed E-state index contributed by atoms with van der Waals surface area (Å²) in [7, 11) is 14.5. The first-order valence-electron chi connectivity index (χ1n) is 6.22. The Morgan fingerprint density at radius 1 is 0.769 bits per heavy atom. The Hall–Kier alpha value is 0.584. The van der Waals surface area contributed by atoms with E-state index >= 15 is 0 Å². The van der Waals surface area contributed by atoms with Gasteiger partial charge in [-0.1, -0.05) is 25.5 Å². The monoisotopic (exact) mass is 166 g/mol. The van der Waals surface area contributed by atoms with Crippen molar-refractivity contribution in [1.82, 2.24) is 0 Å². The highest BCUT2D eigenvalue weighted by Gasteiger charge is 2.12. The van der Waals surface area contributed by atoms with Gasteiger partial charge in [0, 0.05) is 28.2 Å². The smallest absolute Gasteiger partial charge is 0.0809 e. The van der Waals surface area contributed by atoms with Crippen LogP contribution in [0.25, 0.3) is 0 Å². The van der Waals surface area contributed by atoms with Crippen LogP contribution in [0.5, 0.6) is 0 Å². The van der Waals surface area contributed by atoms with E-state index in [1.54, 1.807) is 0 Å². The van der Waals surface area contributed by atoms with Crippen LogP contribution in [0, 0.1) is 0 Å². The average molecular weight is 165 g/mol. The minimum absolute atomic E-state index is 0.937. The van der Waals surface area contributed by atoms with Crippen LogP contribution in [0.1, 0.15) is 13.8 Å². The van der Waals surface area contributed by atoms with Gasteiger partial charge in [-0.15, -0.1) is 0 Å². The minimum atomic E-state index is 0.937. The zero-order valence-electron chi connectivity index (χ0n) is 10.1. The largest absolute Gasteiger partial charge is 0.0816 e. The molecule has 0 heterocycles. The molecule has 0 aromatic rings. The Balaban J connectivity index is 3.32. The van der Waals surface area contributed by atoms with Gasteiger partial charge >= 0.3 is 0 Å². The molecule has 62 valence electrons. The highest BCUT2D eigenvalue weighted by molar-refractivity contribution is 7.57. The van der Waals surface area contributed by atoms with Gasteiger partial charge in [-0.05, 0) is 0 Å². The molecule has 0 aromatic heterocycles. The molecule has 2 atom stereocenters. The summed E-state index contributed by atoms with van der Waals surface area (Å²) < 4.78 is 0. The number of hydrogen-bond donors (Lipinski definition) is 0. The molecule has 0 saturated carbocycles. The summed E-state index contributed by atoms with van der Waals surface area (Å²) in [5, 5.41) is 0. The molecule has 0 aliphatic heterocycles. The lowest BCUT2D eigenvalue weighted by Gasteiger charge is -2.16. The van der Waals surface area contributed by atoms with Gasteiger partial charge in [0.1, 0.15) is 0 Å². The summed E-state index contributed by atoms with van der Waals surface area (Å²) in [6, 6.07) is 0. The third-order valence-electron chi connectivity index (χ3n) is 3.23. The molecule has 0 saturated heterocycles. The Kier molecular flexibility index (Phi) is 9.56. The van der Waals surface area contributed by atoms with Gasteiger partial charge in [-0.25, -0.2) is 0 Å². The molecule has 0 fully saturated rings. The second-order valence-corrected chi connectivity index (χ2v) is 4.59. The molecule has 0 aromatic carbocycles. The van der Waals surface area contributed by atoms with E-state index in [4.69, 9.17) is 0 Å². The van der Waals surface area contributed by atoms with E-state index in [0.29, 0.717) is 0 Å². The molecule has 0 amide bonds. The third kappa shape index (κ3) is 7.64. The van der Waals surface area contributed by atoms with Crippen LogP contribution < -0.4 is 0 Å². The van der Waals surface area contributed by atoms with E-state index in [-0.39, 0.29) is 0 Å². The van der Waals surface area contributed by atoms with Crippen LogP contribution in [-0.2, 0) is 0 Å². The maximum atomic E-state index is 2.42. The van der Waals surface area contributed by atoms with Gasteiger partial charge in [-0.3, -0.25) is 0 Å². The standard InChI is InChI=1S/C4H19B9/c1-3(7-9-5)4(2)8-11-13-12-10-6/h3-4,7-13H,5-6H2,1-2H3. The quantitative estimate of drug-likeness (QED) is 0.250. The van der Waals surface area contributed by atoms with Crippen LogP contribution in [0.3, 0.4) is 0 Å². The average Bonchev–Trinajstić information content (AvgIpc) is 2.12. The van der Waals surface area contributed by atoms with Crippen molar-refractivity contribution in [3.05, 3.63) is 0 Å². The number of hydrogen-bond acceptors (Lipinski definition) is 0. The van der Waals surface area contributed by atoms with E-state index in [2.05, 4.69) is 29.3 Å². The Morgan fingerprint density at radius 2 is 1.38 bits per heavy atom. The summed E-state index contributed by atoms with van der Waals surface area (Å²) >= 11 is 0. The van der Waals surface area contributed by atoms with Crippen molar-refractivity contribution in [2.45, 2.75) is 25.5 Å². The Bertz CT molecular complexity index is 108. The molecule has 0 radical (unpaired) electrons. The van der Waals surface area contributed by atoms with E-state index < -0.39 is 0 Å². The first-order valence-corrected chi connectivity index (χ1v) is 6.22. The van der Waals surface area contributed by atoms with Gasteiger partial charge in [0.2, 0.25) is 0 Å². The molecule has 9 heteroatoms.